The summed E-state index contributed by atoms with van der Waals surface area (Å²) in [7, 11) is -3.63. The number of nitrogens with one attached hydrogen (secondary N) is 1. The van der Waals surface area contributed by atoms with Gasteiger partial charge in [-0.05, 0) is 56.5 Å². The van der Waals surface area contributed by atoms with E-state index in [9.17, 15) is 18.0 Å². The van der Waals surface area contributed by atoms with E-state index in [4.69, 9.17) is 0 Å². The van der Waals surface area contributed by atoms with E-state index in [2.05, 4.69) is 5.32 Å². The minimum atomic E-state index is -3.63. The lowest BCUT2D eigenvalue weighted by Gasteiger charge is -2.31. The molecular weight excluding hydrogens is 414 g/mol. The first-order valence-electron chi connectivity index (χ1n) is 10.6. The highest BCUT2D eigenvalue weighted by Gasteiger charge is 2.33. The van der Waals surface area contributed by atoms with Crippen LogP contribution in [0.1, 0.15) is 31.2 Å². The normalized spacial score (nSPS) is 20.1. The van der Waals surface area contributed by atoms with Gasteiger partial charge in [0.1, 0.15) is 0 Å². The molecule has 2 aromatic carbocycles. The molecule has 0 saturated carbocycles. The average Bonchev–Trinajstić information content (AvgIpc) is 3.20. The number of benzene rings is 2. The Morgan fingerprint density at radius 2 is 1.84 bits per heavy atom. The first kappa shape index (κ1) is 21.5. The van der Waals surface area contributed by atoms with E-state index in [1.54, 1.807) is 41.3 Å². The molecule has 164 valence electrons. The molecule has 2 saturated heterocycles. The van der Waals surface area contributed by atoms with Gasteiger partial charge in [0.2, 0.25) is 21.8 Å². The molecule has 1 N–H and O–H groups in total. The molecule has 2 aromatic rings. The zero-order valence-corrected chi connectivity index (χ0v) is 18.4. The second-order valence-corrected chi connectivity index (χ2v) is 10.1. The fourth-order valence-corrected chi connectivity index (χ4v) is 5.67. The number of hydrogen-bond acceptors (Lipinski definition) is 4. The number of anilines is 2. The zero-order chi connectivity index (χ0) is 22.0. The summed E-state index contributed by atoms with van der Waals surface area (Å²) in [5, 5.41) is 2.91. The van der Waals surface area contributed by atoms with Gasteiger partial charge in [-0.25, -0.2) is 8.42 Å². The van der Waals surface area contributed by atoms with Crippen LogP contribution in [0, 0.1) is 12.8 Å². The van der Waals surface area contributed by atoms with Crippen LogP contribution in [0.4, 0.5) is 11.4 Å². The minimum absolute atomic E-state index is 0.0905. The molecule has 2 heterocycles. The molecule has 0 aliphatic carbocycles. The summed E-state index contributed by atoms with van der Waals surface area (Å²) in [6.45, 7) is 3.16. The summed E-state index contributed by atoms with van der Waals surface area (Å²) in [4.78, 5) is 26.9. The van der Waals surface area contributed by atoms with Crippen molar-refractivity contribution < 1.29 is 18.0 Å². The first-order chi connectivity index (χ1) is 14.8. The third-order valence-electron chi connectivity index (χ3n) is 5.91. The van der Waals surface area contributed by atoms with Crippen molar-refractivity contribution in [3.63, 3.8) is 0 Å². The van der Waals surface area contributed by atoms with Gasteiger partial charge in [-0.15, -0.1) is 0 Å². The third kappa shape index (κ3) is 4.65. The molecule has 0 spiro atoms. The lowest BCUT2D eigenvalue weighted by Crippen LogP contribution is -2.43. The first-order valence-corrected chi connectivity index (χ1v) is 12.1. The van der Waals surface area contributed by atoms with Crippen LogP contribution in [0.3, 0.4) is 0 Å². The smallest absolute Gasteiger partial charge is 0.243 e. The summed E-state index contributed by atoms with van der Waals surface area (Å²) in [5.41, 5.74) is 2.38. The number of carbonyl (C=O) groups excluding carboxylic acids is 2. The van der Waals surface area contributed by atoms with E-state index in [-0.39, 0.29) is 23.3 Å². The predicted octanol–water partition coefficient (Wildman–Crippen LogP) is 3.16. The number of amides is 2. The maximum atomic E-state index is 13.0. The van der Waals surface area contributed by atoms with Crippen LogP contribution >= 0.6 is 0 Å². The third-order valence-corrected chi connectivity index (χ3v) is 7.79. The van der Waals surface area contributed by atoms with E-state index >= 15 is 0 Å². The Hall–Kier alpha value is -2.71. The summed E-state index contributed by atoms with van der Waals surface area (Å²) >= 11 is 0. The molecule has 1 atom stereocenters. The molecule has 2 aliphatic rings. The number of carbonyl (C=O) groups is 2. The van der Waals surface area contributed by atoms with E-state index in [0.29, 0.717) is 38.0 Å². The summed E-state index contributed by atoms with van der Waals surface area (Å²) in [6, 6.07) is 14.0. The summed E-state index contributed by atoms with van der Waals surface area (Å²) in [6.07, 6.45) is 2.65. The molecule has 7 nitrogen and oxygen atoms in total. The van der Waals surface area contributed by atoms with Crippen LogP contribution in [-0.2, 0) is 19.6 Å². The van der Waals surface area contributed by atoms with Crippen LogP contribution in [0.2, 0.25) is 0 Å². The molecule has 0 aromatic heterocycles. The minimum Gasteiger partial charge on any atom is -0.326 e. The lowest BCUT2D eigenvalue weighted by atomic mass is 9.98. The summed E-state index contributed by atoms with van der Waals surface area (Å²) < 4.78 is 27.4. The van der Waals surface area contributed by atoms with E-state index in [1.807, 2.05) is 19.1 Å². The molecule has 0 radical (unpaired) electrons. The number of nitrogens with zero attached hydrogens (tertiary/aromatic N) is 2. The van der Waals surface area contributed by atoms with Crippen LogP contribution in [0.15, 0.2) is 53.4 Å². The molecule has 31 heavy (non-hydrogen) atoms. The fourth-order valence-electron chi connectivity index (χ4n) is 4.15. The van der Waals surface area contributed by atoms with E-state index < -0.39 is 15.9 Å². The number of piperidine rings is 1. The van der Waals surface area contributed by atoms with Gasteiger partial charge in [0, 0.05) is 37.4 Å². The topological polar surface area (TPSA) is 86.8 Å². The highest BCUT2D eigenvalue weighted by molar-refractivity contribution is 7.89. The maximum absolute atomic E-state index is 13.0. The van der Waals surface area contributed by atoms with Crippen molar-refractivity contribution in [2.24, 2.45) is 5.92 Å². The standard InChI is InChI=1S/C23H27N3O4S/c1-17-9-11-21(12-10-17)31(29,30)25-13-3-5-18(16-25)23(28)24-19-6-2-7-20(15-19)26-14-4-8-22(26)27/h2,6-7,9-12,15,18H,3-5,8,13-14,16H2,1H3,(H,24,28)/t18-/m1/s1. The van der Waals surface area contributed by atoms with Crippen molar-refractivity contribution in [2.75, 3.05) is 29.9 Å². The zero-order valence-electron chi connectivity index (χ0n) is 17.6. The highest BCUT2D eigenvalue weighted by Crippen LogP contribution is 2.27. The second kappa shape index (κ2) is 8.80. The number of sulfonamides is 1. The Balaban J connectivity index is 1.45. The lowest BCUT2D eigenvalue weighted by molar-refractivity contribution is -0.121. The van der Waals surface area contributed by atoms with Gasteiger partial charge < -0.3 is 10.2 Å². The molecule has 8 heteroatoms. The van der Waals surface area contributed by atoms with Gasteiger partial charge >= 0.3 is 0 Å². The quantitative estimate of drug-likeness (QED) is 0.772. The van der Waals surface area contributed by atoms with Gasteiger partial charge in [0.25, 0.3) is 0 Å². The van der Waals surface area contributed by atoms with Gasteiger partial charge in [-0.3, -0.25) is 9.59 Å². The van der Waals surface area contributed by atoms with Crippen LogP contribution in [-0.4, -0.2) is 44.2 Å². The molecule has 2 aliphatic heterocycles. The Bertz CT molecular complexity index is 1080. The molecule has 0 unspecified atom stereocenters. The van der Waals surface area contributed by atoms with E-state index in [1.165, 1.54) is 4.31 Å². The van der Waals surface area contributed by atoms with Crippen LogP contribution < -0.4 is 10.2 Å². The molecule has 0 bridgehead atoms. The molecule has 4 rings (SSSR count). The van der Waals surface area contributed by atoms with Crippen molar-refractivity contribution in [3.8, 4) is 0 Å². The number of rotatable bonds is 5. The Kier molecular flexibility index (Phi) is 6.11. The van der Waals surface area contributed by atoms with Gasteiger partial charge in [0.15, 0.2) is 0 Å². The van der Waals surface area contributed by atoms with Gasteiger partial charge in [0.05, 0.1) is 10.8 Å². The monoisotopic (exact) mass is 441 g/mol. The Morgan fingerprint density at radius 3 is 2.55 bits per heavy atom. The molecule has 2 amide bonds. The second-order valence-electron chi connectivity index (χ2n) is 8.20. The number of aryl methyl sites for hydroxylation is 1. The predicted molar refractivity (Wildman–Crippen MR) is 119 cm³/mol. The Morgan fingerprint density at radius 1 is 1.06 bits per heavy atom. The maximum Gasteiger partial charge on any atom is 0.243 e. The van der Waals surface area contributed by atoms with Crippen molar-refractivity contribution in [1.29, 1.82) is 0 Å². The molecular formula is C23H27N3O4S. The van der Waals surface area contributed by atoms with Crippen molar-refractivity contribution in [1.82, 2.24) is 4.31 Å². The van der Waals surface area contributed by atoms with Crippen LogP contribution in [0.5, 0.6) is 0 Å². The average molecular weight is 442 g/mol. The van der Waals surface area contributed by atoms with Crippen molar-refractivity contribution in [3.05, 3.63) is 54.1 Å². The van der Waals surface area contributed by atoms with Gasteiger partial charge in [-0.1, -0.05) is 23.8 Å². The molecule has 2 fully saturated rings. The van der Waals surface area contributed by atoms with E-state index in [0.717, 1.165) is 17.7 Å². The number of hydrogen-bond donors (Lipinski definition) is 1. The summed E-state index contributed by atoms with van der Waals surface area (Å²) in [5.74, 6) is -0.535. The van der Waals surface area contributed by atoms with Crippen molar-refractivity contribution >= 4 is 33.2 Å². The van der Waals surface area contributed by atoms with Crippen LogP contribution in [0.25, 0.3) is 0 Å². The van der Waals surface area contributed by atoms with Gasteiger partial charge in [-0.2, -0.15) is 4.31 Å². The SMILES string of the molecule is Cc1ccc(S(=O)(=O)N2CCC[C@@H](C(=O)Nc3cccc(N4CCCC4=O)c3)C2)cc1. The highest BCUT2D eigenvalue weighted by atomic mass is 32.2. The fraction of sp³-hybridized carbons (Fsp3) is 0.391. The Labute approximate surface area is 183 Å². The van der Waals surface area contributed by atoms with Crippen molar-refractivity contribution in [2.45, 2.75) is 37.5 Å². The largest absolute Gasteiger partial charge is 0.326 e.